The highest BCUT2D eigenvalue weighted by Crippen LogP contribution is 2.14. The molecule has 0 saturated heterocycles. The van der Waals surface area contributed by atoms with Crippen molar-refractivity contribution in [1.29, 1.82) is 0 Å². The van der Waals surface area contributed by atoms with Gasteiger partial charge >= 0.3 is 0 Å². The smallest absolute Gasteiger partial charge is 0.129 e. The number of hydrogen-bond acceptors (Lipinski definition) is 3. The van der Waals surface area contributed by atoms with Crippen molar-refractivity contribution in [1.82, 2.24) is 5.32 Å². The fraction of sp³-hybridized carbons (Fsp3) is 0.500. The number of methoxy groups -OCH3 is 1. The summed E-state index contributed by atoms with van der Waals surface area (Å²) in [5.41, 5.74) is 0.549. The second-order valence-electron chi connectivity index (χ2n) is 3.78. The minimum Gasteiger partial charge on any atom is -0.396 e. The van der Waals surface area contributed by atoms with E-state index in [1.165, 1.54) is 6.07 Å². The summed E-state index contributed by atoms with van der Waals surface area (Å²) in [5.74, 6) is -0.329. The van der Waals surface area contributed by atoms with E-state index in [4.69, 9.17) is 21.4 Å². The Labute approximate surface area is 106 Å². The zero-order chi connectivity index (χ0) is 12.7. The van der Waals surface area contributed by atoms with Crippen molar-refractivity contribution in [2.75, 3.05) is 20.3 Å². The summed E-state index contributed by atoms with van der Waals surface area (Å²) in [6.45, 7) is 0.941. The van der Waals surface area contributed by atoms with Gasteiger partial charge in [-0.3, -0.25) is 0 Å². The summed E-state index contributed by atoms with van der Waals surface area (Å²) < 4.78 is 18.5. The first-order valence-electron chi connectivity index (χ1n) is 5.44. The van der Waals surface area contributed by atoms with Crippen molar-refractivity contribution in [2.45, 2.75) is 19.0 Å². The Hall–Kier alpha value is -0.680. The summed E-state index contributed by atoms with van der Waals surface area (Å²) in [7, 11) is 1.59. The Morgan fingerprint density at radius 3 is 2.88 bits per heavy atom. The number of nitrogens with one attached hydrogen (secondary N) is 1. The second kappa shape index (κ2) is 7.61. The van der Waals surface area contributed by atoms with Crippen LogP contribution in [-0.4, -0.2) is 31.5 Å². The molecule has 1 aromatic carbocycles. The molecule has 1 atom stereocenters. The van der Waals surface area contributed by atoms with E-state index in [0.717, 1.165) is 0 Å². The van der Waals surface area contributed by atoms with Crippen LogP contribution in [0.4, 0.5) is 4.39 Å². The molecule has 3 nitrogen and oxygen atoms in total. The number of rotatable bonds is 7. The monoisotopic (exact) mass is 261 g/mol. The van der Waals surface area contributed by atoms with E-state index in [2.05, 4.69) is 5.32 Å². The standard InChI is InChI=1S/C12H17ClFNO2/c1-17-8-11(4-5-16)15-7-9-2-3-10(13)6-12(9)14/h2-3,6,11,15-16H,4-5,7-8H2,1H3. The van der Waals surface area contributed by atoms with Gasteiger partial charge in [-0.15, -0.1) is 0 Å². The molecule has 2 N–H and O–H groups in total. The first-order chi connectivity index (χ1) is 8.17. The van der Waals surface area contributed by atoms with Gasteiger partial charge in [0.05, 0.1) is 6.61 Å². The molecule has 0 heterocycles. The summed E-state index contributed by atoms with van der Waals surface area (Å²) in [4.78, 5) is 0. The molecule has 1 rings (SSSR count). The molecule has 0 aromatic heterocycles. The van der Waals surface area contributed by atoms with Crippen LogP contribution < -0.4 is 5.32 Å². The van der Waals surface area contributed by atoms with Crippen LogP contribution in [0.2, 0.25) is 5.02 Å². The number of ether oxygens (including phenoxy) is 1. The van der Waals surface area contributed by atoms with Gasteiger partial charge in [0.1, 0.15) is 5.82 Å². The molecule has 0 fully saturated rings. The van der Waals surface area contributed by atoms with Crippen molar-refractivity contribution in [3.05, 3.63) is 34.6 Å². The minimum absolute atomic E-state index is 0.0140. The molecule has 96 valence electrons. The topological polar surface area (TPSA) is 41.5 Å². The van der Waals surface area contributed by atoms with Crippen molar-refractivity contribution >= 4 is 11.6 Å². The second-order valence-corrected chi connectivity index (χ2v) is 4.22. The van der Waals surface area contributed by atoms with Crippen LogP contribution in [0.15, 0.2) is 18.2 Å². The van der Waals surface area contributed by atoms with E-state index in [9.17, 15) is 4.39 Å². The Morgan fingerprint density at radius 1 is 1.53 bits per heavy atom. The van der Waals surface area contributed by atoms with E-state index < -0.39 is 0 Å². The fourth-order valence-corrected chi connectivity index (χ4v) is 1.68. The maximum atomic E-state index is 13.5. The normalized spacial score (nSPS) is 12.7. The van der Waals surface area contributed by atoms with E-state index in [-0.39, 0.29) is 18.5 Å². The lowest BCUT2D eigenvalue weighted by atomic mass is 10.1. The Morgan fingerprint density at radius 2 is 2.29 bits per heavy atom. The highest BCUT2D eigenvalue weighted by Gasteiger charge is 2.09. The lowest BCUT2D eigenvalue weighted by Crippen LogP contribution is -2.33. The Balaban J connectivity index is 2.52. The van der Waals surface area contributed by atoms with Crippen LogP contribution in [0, 0.1) is 5.82 Å². The molecular weight excluding hydrogens is 245 g/mol. The molecular formula is C12H17ClFNO2. The summed E-state index contributed by atoms with van der Waals surface area (Å²) in [6.07, 6.45) is 0.572. The van der Waals surface area contributed by atoms with Crippen molar-refractivity contribution in [2.24, 2.45) is 0 Å². The van der Waals surface area contributed by atoms with Crippen LogP contribution in [-0.2, 0) is 11.3 Å². The molecule has 0 aliphatic heterocycles. The highest BCUT2D eigenvalue weighted by molar-refractivity contribution is 6.30. The molecule has 17 heavy (non-hydrogen) atoms. The summed E-state index contributed by atoms with van der Waals surface area (Å²) in [5, 5.41) is 12.4. The van der Waals surface area contributed by atoms with Gasteiger partial charge in [0.25, 0.3) is 0 Å². The average Bonchev–Trinajstić information content (AvgIpc) is 2.28. The van der Waals surface area contributed by atoms with E-state index in [1.54, 1.807) is 19.2 Å². The minimum atomic E-state index is -0.329. The third kappa shape index (κ3) is 5.00. The van der Waals surface area contributed by atoms with Crippen LogP contribution in [0.1, 0.15) is 12.0 Å². The SMILES string of the molecule is COCC(CCO)NCc1ccc(Cl)cc1F. The van der Waals surface area contributed by atoms with Crippen LogP contribution in [0.3, 0.4) is 0 Å². The van der Waals surface area contributed by atoms with Gasteiger partial charge in [-0.1, -0.05) is 17.7 Å². The average molecular weight is 262 g/mol. The highest BCUT2D eigenvalue weighted by atomic mass is 35.5. The maximum Gasteiger partial charge on any atom is 0.129 e. The first kappa shape index (κ1) is 14.4. The number of aliphatic hydroxyl groups is 1. The van der Waals surface area contributed by atoms with Crippen molar-refractivity contribution < 1.29 is 14.2 Å². The van der Waals surface area contributed by atoms with E-state index >= 15 is 0 Å². The predicted octanol–water partition coefficient (Wildman–Crippen LogP) is 1.97. The first-order valence-corrected chi connectivity index (χ1v) is 5.82. The number of benzene rings is 1. The molecule has 0 bridgehead atoms. The largest absolute Gasteiger partial charge is 0.396 e. The summed E-state index contributed by atoms with van der Waals surface area (Å²) in [6, 6.07) is 4.60. The molecule has 0 amide bonds. The van der Waals surface area contributed by atoms with E-state index in [0.29, 0.717) is 30.2 Å². The van der Waals surface area contributed by atoms with Gasteiger partial charge in [0.2, 0.25) is 0 Å². The molecule has 0 saturated carbocycles. The lowest BCUT2D eigenvalue weighted by Gasteiger charge is -2.17. The number of hydrogen-bond donors (Lipinski definition) is 2. The van der Waals surface area contributed by atoms with E-state index in [1.807, 2.05) is 0 Å². The van der Waals surface area contributed by atoms with Gasteiger partial charge in [0, 0.05) is 36.9 Å². The maximum absolute atomic E-state index is 13.5. The molecule has 1 aromatic rings. The third-order valence-electron chi connectivity index (χ3n) is 2.44. The van der Waals surface area contributed by atoms with Crippen LogP contribution in [0.25, 0.3) is 0 Å². The molecule has 0 aliphatic rings. The number of halogens is 2. The van der Waals surface area contributed by atoms with Gasteiger partial charge in [-0.2, -0.15) is 0 Å². The van der Waals surface area contributed by atoms with Gasteiger partial charge in [0.15, 0.2) is 0 Å². The quantitative estimate of drug-likeness (QED) is 0.789. The fourth-order valence-electron chi connectivity index (χ4n) is 1.52. The Kier molecular flexibility index (Phi) is 6.44. The Bertz CT molecular complexity index is 343. The summed E-state index contributed by atoms with van der Waals surface area (Å²) >= 11 is 5.67. The molecule has 5 heteroatoms. The zero-order valence-corrected chi connectivity index (χ0v) is 10.5. The van der Waals surface area contributed by atoms with Gasteiger partial charge in [-0.05, 0) is 18.6 Å². The van der Waals surface area contributed by atoms with Crippen molar-refractivity contribution in [3.8, 4) is 0 Å². The van der Waals surface area contributed by atoms with Crippen LogP contribution in [0.5, 0.6) is 0 Å². The third-order valence-corrected chi connectivity index (χ3v) is 2.68. The van der Waals surface area contributed by atoms with Crippen LogP contribution >= 0.6 is 11.6 Å². The van der Waals surface area contributed by atoms with Crippen molar-refractivity contribution in [3.63, 3.8) is 0 Å². The van der Waals surface area contributed by atoms with Gasteiger partial charge < -0.3 is 15.2 Å². The molecule has 1 unspecified atom stereocenters. The molecule has 0 spiro atoms. The predicted molar refractivity (Wildman–Crippen MR) is 65.6 cm³/mol. The molecule has 0 radical (unpaired) electrons. The van der Waals surface area contributed by atoms with Gasteiger partial charge in [-0.25, -0.2) is 4.39 Å². The number of aliphatic hydroxyl groups excluding tert-OH is 1. The zero-order valence-electron chi connectivity index (χ0n) is 9.75. The lowest BCUT2D eigenvalue weighted by molar-refractivity contribution is 0.148. The molecule has 0 aliphatic carbocycles.